The summed E-state index contributed by atoms with van der Waals surface area (Å²) >= 11 is 0. The highest BCUT2D eigenvalue weighted by Gasteiger charge is 2.10. The van der Waals surface area contributed by atoms with E-state index >= 15 is 0 Å². The predicted octanol–water partition coefficient (Wildman–Crippen LogP) is 2.86. The number of aromatic amines is 1. The Morgan fingerprint density at radius 1 is 1.25 bits per heavy atom. The molecule has 0 saturated carbocycles. The zero-order valence-corrected chi connectivity index (χ0v) is 14.1. The van der Waals surface area contributed by atoms with Gasteiger partial charge in [-0.05, 0) is 45.2 Å². The van der Waals surface area contributed by atoms with Crippen molar-refractivity contribution in [3.63, 3.8) is 0 Å². The van der Waals surface area contributed by atoms with Gasteiger partial charge < -0.3 is 14.2 Å². The van der Waals surface area contributed by atoms with E-state index in [0.717, 1.165) is 28.1 Å². The van der Waals surface area contributed by atoms with E-state index in [-0.39, 0.29) is 5.56 Å². The first-order valence-corrected chi connectivity index (χ1v) is 7.94. The van der Waals surface area contributed by atoms with Crippen LogP contribution in [0.1, 0.15) is 23.9 Å². The van der Waals surface area contributed by atoms with Crippen molar-refractivity contribution in [1.82, 2.24) is 15.0 Å². The summed E-state index contributed by atoms with van der Waals surface area (Å²) in [6.07, 6.45) is 0. The van der Waals surface area contributed by atoms with E-state index < -0.39 is 0 Å². The second-order valence-electron chi connectivity index (χ2n) is 5.91. The normalized spacial score (nSPS) is 11.3. The molecule has 0 radical (unpaired) electrons. The predicted molar refractivity (Wildman–Crippen MR) is 92.1 cm³/mol. The van der Waals surface area contributed by atoms with Crippen molar-refractivity contribution < 1.29 is 9.26 Å². The molecular weight excluding hydrogens is 306 g/mol. The lowest BCUT2D eigenvalue weighted by Gasteiger charge is -2.15. The molecule has 0 fully saturated rings. The first-order valence-electron chi connectivity index (χ1n) is 7.94. The minimum atomic E-state index is -0.0742. The molecule has 1 aromatic carbocycles. The lowest BCUT2D eigenvalue weighted by Crippen LogP contribution is -2.23. The molecule has 2 aromatic heterocycles. The summed E-state index contributed by atoms with van der Waals surface area (Å²) in [4.78, 5) is 17.2. The number of fused-ring (bicyclic) bond motifs is 1. The number of aryl methyl sites for hydroxylation is 1. The summed E-state index contributed by atoms with van der Waals surface area (Å²) in [5.41, 5.74) is 2.29. The van der Waals surface area contributed by atoms with Crippen LogP contribution in [0.25, 0.3) is 10.9 Å². The zero-order valence-electron chi connectivity index (χ0n) is 14.1. The quantitative estimate of drug-likeness (QED) is 0.754. The van der Waals surface area contributed by atoms with Crippen LogP contribution in [0.2, 0.25) is 0 Å². The van der Waals surface area contributed by atoms with Gasteiger partial charge >= 0.3 is 0 Å². The van der Waals surface area contributed by atoms with E-state index in [1.165, 1.54) is 0 Å². The molecular formula is C18H21N3O3. The van der Waals surface area contributed by atoms with Crippen molar-refractivity contribution >= 4 is 10.9 Å². The number of ether oxygens (including phenoxy) is 1. The fraction of sp³-hybridized carbons (Fsp3) is 0.333. The first kappa shape index (κ1) is 16.3. The van der Waals surface area contributed by atoms with E-state index in [0.29, 0.717) is 25.3 Å². The van der Waals surface area contributed by atoms with Gasteiger partial charge in [0.25, 0.3) is 5.56 Å². The van der Waals surface area contributed by atoms with Crippen LogP contribution >= 0.6 is 0 Å². The molecule has 0 aliphatic heterocycles. The second kappa shape index (κ2) is 6.88. The molecule has 6 heteroatoms. The first-order chi connectivity index (χ1) is 11.5. The molecule has 0 aliphatic rings. The van der Waals surface area contributed by atoms with Gasteiger partial charge in [0, 0.05) is 35.6 Å². The van der Waals surface area contributed by atoms with Crippen LogP contribution < -0.4 is 10.3 Å². The van der Waals surface area contributed by atoms with Gasteiger partial charge in [-0.1, -0.05) is 5.16 Å². The molecule has 0 unspecified atom stereocenters. The van der Waals surface area contributed by atoms with Crippen molar-refractivity contribution in [2.75, 3.05) is 13.7 Å². The molecule has 0 aliphatic carbocycles. The summed E-state index contributed by atoms with van der Waals surface area (Å²) in [5, 5.41) is 4.94. The Labute approximate surface area is 140 Å². The van der Waals surface area contributed by atoms with Gasteiger partial charge in [0.2, 0.25) is 0 Å². The lowest BCUT2D eigenvalue weighted by molar-refractivity contribution is 0.301. The summed E-state index contributed by atoms with van der Waals surface area (Å²) in [7, 11) is 1.95. The van der Waals surface area contributed by atoms with E-state index in [2.05, 4.69) is 10.1 Å². The van der Waals surface area contributed by atoms with Crippen molar-refractivity contribution in [3.05, 3.63) is 57.7 Å². The van der Waals surface area contributed by atoms with Gasteiger partial charge in [-0.15, -0.1) is 0 Å². The standard InChI is InChI=1S/C18H21N3O3/c1-4-23-16-5-6-17-13(9-16)8-14(18(22)19-17)10-21(3)11-15-7-12(2)24-20-15/h5-9H,4,10-11H2,1-3H3,(H,19,22). The second-order valence-corrected chi connectivity index (χ2v) is 5.91. The Morgan fingerprint density at radius 3 is 2.79 bits per heavy atom. The Kier molecular flexibility index (Phi) is 4.66. The fourth-order valence-corrected chi connectivity index (χ4v) is 2.72. The highest BCUT2D eigenvalue weighted by Crippen LogP contribution is 2.19. The zero-order chi connectivity index (χ0) is 17.1. The lowest BCUT2D eigenvalue weighted by atomic mass is 10.1. The van der Waals surface area contributed by atoms with E-state index in [1.54, 1.807) is 0 Å². The van der Waals surface area contributed by atoms with Crippen LogP contribution in [0, 0.1) is 6.92 Å². The van der Waals surface area contributed by atoms with Crippen LogP contribution in [0.3, 0.4) is 0 Å². The van der Waals surface area contributed by atoms with Gasteiger partial charge in [0.15, 0.2) is 0 Å². The molecule has 126 valence electrons. The van der Waals surface area contributed by atoms with E-state index in [4.69, 9.17) is 9.26 Å². The number of hydrogen-bond donors (Lipinski definition) is 1. The number of aromatic nitrogens is 2. The van der Waals surface area contributed by atoms with E-state index in [1.807, 2.05) is 56.1 Å². The highest BCUT2D eigenvalue weighted by atomic mass is 16.5. The summed E-state index contributed by atoms with van der Waals surface area (Å²) in [5.74, 6) is 1.58. The number of benzene rings is 1. The largest absolute Gasteiger partial charge is 0.494 e. The Balaban J connectivity index is 1.82. The third-order valence-corrected chi connectivity index (χ3v) is 3.75. The monoisotopic (exact) mass is 327 g/mol. The van der Waals surface area contributed by atoms with Crippen LogP contribution in [0.15, 0.2) is 39.6 Å². The molecule has 0 amide bonds. The molecule has 0 bridgehead atoms. The molecule has 0 saturated heterocycles. The Bertz CT molecular complexity index is 898. The van der Waals surface area contributed by atoms with Crippen molar-refractivity contribution in [1.29, 1.82) is 0 Å². The molecule has 3 rings (SSSR count). The number of rotatable bonds is 6. The molecule has 1 N–H and O–H groups in total. The maximum Gasteiger partial charge on any atom is 0.252 e. The number of hydrogen-bond acceptors (Lipinski definition) is 5. The highest BCUT2D eigenvalue weighted by molar-refractivity contribution is 5.80. The average molecular weight is 327 g/mol. The maximum atomic E-state index is 12.3. The van der Waals surface area contributed by atoms with Crippen LogP contribution in [0.4, 0.5) is 0 Å². The molecule has 6 nitrogen and oxygen atoms in total. The third-order valence-electron chi connectivity index (χ3n) is 3.75. The number of nitrogens with one attached hydrogen (secondary N) is 1. The van der Waals surface area contributed by atoms with Crippen LogP contribution in [-0.4, -0.2) is 28.7 Å². The van der Waals surface area contributed by atoms with Crippen LogP contribution in [-0.2, 0) is 13.1 Å². The van der Waals surface area contributed by atoms with Gasteiger partial charge in [-0.3, -0.25) is 9.69 Å². The van der Waals surface area contributed by atoms with E-state index in [9.17, 15) is 4.79 Å². The molecule has 3 aromatic rings. The minimum absolute atomic E-state index is 0.0742. The molecule has 2 heterocycles. The fourth-order valence-electron chi connectivity index (χ4n) is 2.72. The SMILES string of the molecule is CCOc1ccc2[nH]c(=O)c(CN(C)Cc3cc(C)on3)cc2c1. The topological polar surface area (TPSA) is 71.4 Å². The number of nitrogens with zero attached hydrogens (tertiary/aromatic N) is 2. The van der Waals surface area contributed by atoms with Crippen LogP contribution in [0.5, 0.6) is 5.75 Å². The number of pyridine rings is 1. The van der Waals surface area contributed by atoms with Crippen molar-refractivity contribution in [2.24, 2.45) is 0 Å². The van der Waals surface area contributed by atoms with Gasteiger partial charge in [0.1, 0.15) is 11.5 Å². The smallest absolute Gasteiger partial charge is 0.252 e. The summed E-state index contributed by atoms with van der Waals surface area (Å²) in [6, 6.07) is 9.49. The summed E-state index contributed by atoms with van der Waals surface area (Å²) < 4.78 is 10.6. The van der Waals surface area contributed by atoms with Crippen molar-refractivity contribution in [2.45, 2.75) is 26.9 Å². The van der Waals surface area contributed by atoms with Crippen molar-refractivity contribution in [3.8, 4) is 5.75 Å². The van der Waals surface area contributed by atoms with Gasteiger partial charge in [-0.25, -0.2) is 0 Å². The Hall–Kier alpha value is -2.60. The minimum Gasteiger partial charge on any atom is -0.494 e. The summed E-state index contributed by atoms with van der Waals surface area (Å²) in [6.45, 7) is 5.56. The molecule has 0 spiro atoms. The number of H-pyrrole nitrogens is 1. The maximum absolute atomic E-state index is 12.3. The molecule has 0 atom stereocenters. The van der Waals surface area contributed by atoms with Gasteiger partial charge in [-0.2, -0.15) is 0 Å². The van der Waals surface area contributed by atoms with Gasteiger partial charge in [0.05, 0.1) is 12.3 Å². The Morgan fingerprint density at radius 2 is 2.08 bits per heavy atom. The third kappa shape index (κ3) is 3.65. The molecule has 24 heavy (non-hydrogen) atoms. The average Bonchev–Trinajstić information content (AvgIpc) is 2.93.